The van der Waals surface area contributed by atoms with Gasteiger partial charge in [0.2, 0.25) is 0 Å². The third-order valence-electron chi connectivity index (χ3n) is 5.28. The van der Waals surface area contributed by atoms with Crippen molar-refractivity contribution in [2.24, 2.45) is 0 Å². The lowest BCUT2D eigenvalue weighted by Crippen LogP contribution is -2.36. The van der Waals surface area contributed by atoms with Gasteiger partial charge >= 0.3 is 6.09 Å². The predicted octanol–water partition coefficient (Wildman–Crippen LogP) is 2.49. The Kier molecular flexibility index (Phi) is 5.23. The highest BCUT2D eigenvalue weighted by Gasteiger charge is 2.41. The predicted molar refractivity (Wildman–Crippen MR) is 98.0 cm³/mol. The molecule has 2 amide bonds. The molecule has 0 saturated carbocycles. The molecular weight excluding hydrogens is 332 g/mol. The van der Waals surface area contributed by atoms with Gasteiger partial charge in [0.05, 0.1) is 12.1 Å². The zero-order valence-corrected chi connectivity index (χ0v) is 15.6. The number of carbonyl (C=O) groups is 2. The number of amides is 2. The molecule has 0 aromatic heterocycles. The number of nitrogens with zero attached hydrogens (tertiary/aromatic N) is 1. The molecule has 26 heavy (non-hydrogen) atoms. The van der Waals surface area contributed by atoms with Gasteiger partial charge in [-0.2, -0.15) is 0 Å². The molecule has 6 heteroatoms. The molecule has 0 radical (unpaired) electrons. The van der Waals surface area contributed by atoms with Crippen LogP contribution in [0.1, 0.15) is 55.5 Å². The van der Waals surface area contributed by atoms with E-state index in [1.54, 1.807) is 13.8 Å². The van der Waals surface area contributed by atoms with Crippen LogP contribution in [0.4, 0.5) is 4.79 Å². The van der Waals surface area contributed by atoms with Crippen molar-refractivity contribution < 1.29 is 19.4 Å². The van der Waals surface area contributed by atoms with Crippen LogP contribution in [0.3, 0.4) is 0 Å². The van der Waals surface area contributed by atoms with Gasteiger partial charge in [-0.1, -0.05) is 12.1 Å². The molecule has 1 aromatic rings. The van der Waals surface area contributed by atoms with E-state index in [1.165, 1.54) is 0 Å². The molecule has 2 heterocycles. The molecule has 0 unspecified atom stereocenters. The summed E-state index contributed by atoms with van der Waals surface area (Å²) in [5.41, 5.74) is 0.652. The Labute approximate surface area is 154 Å². The topological polar surface area (TPSA) is 78.9 Å². The van der Waals surface area contributed by atoms with Crippen LogP contribution in [0, 0.1) is 0 Å². The highest BCUT2D eigenvalue weighted by Crippen LogP contribution is 2.29. The lowest BCUT2D eigenvalue weighted by Gasteiger charge is -2.25. The highest BCUT2D eigenvalue weighted by atomic mass is 16.6. The van der Waals surface area contributed by atoms with Crippen molar-refractivity contribution in [2.45, 2.75) is 57.2 Å². The van der Waals surface area contributed by atoms with E-state index >= 15 is 0 Å². The summed E-state index contributed by atoms with van der Waals surface area (Å²) in [5.74, 6) is 0.0216. The normalized spacial score (nSPS) is 23.5. The number of hydrogen-bond donors (Lipinski definition) is 2. The summed E-state index contributed by atoms with van der Waals surface area (Å²) in [6, 6.07) is 7.64. The van der Waals surface area contributed by atoms with E-state index in [1.807, 2.05) is 29.2 Å². The largest absolute Gasteiger partial charge is 0.441 e. The number of aliphatic hydroxyl groups is 1. The lowest BCUT2D eigenvalue weighted by atomic mass is 9.95. The Morgan fingerprint density at radius 3 is 2.62 bits per heavy atom. The van der Waals surface area contributed by atoms with Gasteiger partial charge in [0, 0.05) is 25.1 Å². The van der Waals surface area contributed by atoms with Gasteiger partial charge in [-0.05, 0) is 57.2 Å². The Morgan fingerprint density at radius 2 is 2.00 bits per heavy atom. The van der Waals surface area contributed by atoms with Crippen LogP contribution in [0.25, 0.3) is 0 Å². The van der Waals surface area contributed by atoms with Crippen molar-refractivity contribution in [3.63, 3.8) is 0 Å². The number of carbonyl (C=O) groups excluding carboxylic acids is 2. The van der Waals surface area contributed by atoms with E-state index < -0.39 is 11.2 Å². The smallest absolute Gasteiger partial charge is 0.407 e. The fourth-order valence-electron chi connectivity index (χ4n) is 3.60. The first-order valence-electron chi connectivity index (χ1n) is 9.34. The Balaban J connectivity index is 1.59. The average Bonchev–Trinajstić information content (AvgIpc) is 2.83. The van der Waals surface area contributed by atoms with E-state index in [9.17, 15) is 14.7 Å². The van der Waals surface area contributed by atoms with E-state index in [4.69, 9.17) is 4.74 Å². The first-order valence-corrected chi connectivity index (χ1v) is 9.34. The summed E-state index contributed by atoms with van der Waals surface area (Å²) < 4.78 is 5.47. The average molecular weight is 360 g/mol. The second-order valence-electron chi connectivity index (χ2n) is 8.08. The van der Waals surface area contributed by atoms with E-state index in [2.05, 4.69) is 5.32 Å². The lowest BCUT2D eigenvalue weighted by molar-refractivity contribution is 0.0438. The van der Waals surface area contributed by atoms with Crippen molar-refractivity contribution in [1.82, 2.24) is 10.2 Å². The van der Waals surface area contributed by atoms with E-state index in [0.717, 1.165) is 24.8 Å². The SMILES string of the molecule is CC(C)(O)CCc1ccc(C(=O)N2CCC[C@@]3(CC2)CNC(=O)O3)cc1. The standard InChI is InChI=1S/C20H28N2O4/c1-19(2,25)10-8-15-4-6-16(7-5-15)17(23)22-12-3-9-20(11-13-22)14-21-18(24)26-20/h4-7,25H,3,8-14H2,1-2H3,(H,21,24)/t20-/m1/s1. The molecule has 2 aliphatic rings. The maximum atomic E-state index is 12.8. The maximum absolute atomic E-state index is 12.8. The third-order valence-corrected chi connectivity index (χ3v) is 5.28. The molecule has 1 atom stereocenters. The molecule has 1 aromatic carbocycles. The van der Waals surface area contributed by atoms with Crippen LogP contribution in [0.2, 0.25) is 0 Å². The third kappa shape index (κ3) is 4.55. The summed E-state index contributed by atoms with van der Waals surface area (Å²) in [5, 5.41) is 12.6. The number of alkyl carbamates (subject to hydrolysis) is 1. The molecule has 0 aliphatic carbocycles. The Bertz CT molecular complexity index is 665. The summed E-state index contributed by atoms with van der Waals surface area (Å²) in [6.45, 7) is 5.40. The molecule has 1 spiro atoms. The molecule has 0 bridgehead atoms. The van der Waals surface area contributed by atoms with Crippen molar-refractivity contribution in [1.29, 1.82) is 0 Å². The summed E-state index contributed by atoms with van der Waals surface area (Å²) in [6.07, 6.45) is 3.38. The van der Waals surface area contributed by atoms with Gasteiger partial charge in [-0.3, -0.25) is 4.79 Å². The second-order valence-corrected chi connectivity index (χ2v) is 8.08. The van der Waals surface area contributed by atoms with Crippen LogP contribution in [0.15, 0.2) is 24.3 Å². The molecule has 2 N–H and O–H groups in total. The van der Waals surface area contributed by atoms with Gasteiger partial charge < -0.3 is 20.1 Å². The first kappa shape index (κ1) is 18.7. The van der Waals surface area contributed by atoms with Gasteiger partial charge in [-0.25, -0.2) is 4.79 Å². The van der Waals surface area contributed by atoms with Crippen molar-refractivity contribution in [3.8, 4) is 0 Å². The number of hydrogen-bond acceptors (Lipinski definition) is 4. The highest BCUT2D eigenvalue weighted by molar-refractivity contribution is 5.94. The van der Waals surface area contributed by atoms with Gasteiger partial charge in [0.1, 0.15) is 5.60 Å². The summed E-state index contributed by atoms with van der Waals surface area (Å²) >= 11 is 0. The molecule has 6 nitrogen and oxygen atoms in total. The minimum absolute atomic E-state index is 0.0216. The number of benzene rings is 1. The van der Waals surface area contributed by atoms with Gasteiger partial charge in [0.25, 0.3) is 5.91 Å². The fourth-order valence-corrected chi connectivity index (χ4v) is 3.60. The Hall–Kier alpha value is -2.08. The summed E-state index contributed by atoms with van der Waals surface area (Å²) in [4.78, 5) is 26.0. The van der Waals surface area contributed by atoms with Crippen LogP contribution < -0.4 is 5.32 Å². The van der Waals surface area contributed by atoms with Crippen LogP contribution >= 0.6 is 0 Å². The zero-order valence-electron chi connectivity index (χ0n) is 15.6. The van der Waals surface area contributed by atoms with Crippen molar-refractivity contribution >= 4 is 12.0 Å². The number of rotatable bonds is 4. The van der Waals surface area contributed by atoms with E-state index in [-0.39, 0.29) is 12.0 Å². The second kappa shape index (κ2) is 7.27. The van der Waals surface area contributed by atoms with E-state index in [0.29, 0.717) is 38.0 Å². The number of ether oxygens (including phenoxy) is 1. The fraction of sp³-hybridized carbons (Fsp3) is 0.600. The Morgan fingerprint density at radius 1 is 1.27 bits per heavy atom. The van der Waals surface area contributed by atoms with Crippen LogP contribution in [-0.4, -0.2) is 52.8 Å². The molecule has 142 valence electrons. The molecular formula is C20H28N2O4. The molecule has 3 rings (SSSR count). The zero-order chi connectivity index (χ0) is 18.8. The molecule has 2 aliphatic heterocycles. The van der Waals surface area contributed by atoms with Crippen molar-refractivity contribution in [3.05, 3.63) is 35.4 Å². The van der Waals surface area contributed by atoms with Gasteiger partial charge in [-0.15, -0.1) is 0 Å². The van der Waals surface area contributed by atoms with Crippen LogP contribution in [-0.2, 0) is 11.2 Å². The quantitative estimate of drug-likeness (QED) is 0.865. The monoisotopic (exact) mass is 360 g/mol. The maximum Gasteiger partial charge on any atom is 0.407 e. The minimum Gasteiger partial charge on any atom is -0.441 e. The van der Waals surface area contributed by atoms with Crippen molar-refractivity contribution in [2.75, 3.05) is 19.6 Å². The number of nitrogens with one attached hydrogen (secondary N) is 1. The molecule has 2 fully saturated rings. The van der Waals surface area contributed by atoms with Crippen LogP contribution in [0.5, 0.6) is 0 Å². The first-order chi connectivity index (χ1) is 12.3. The summed E-state index contributed by atoms with van der Waals surface area (Å²) in [7, 11) is 0. The number of likely N-dealkylation sites (tertiary alicyclic amines) is 1. The molecule has 2 saturated heterocycles. The van der Waals surface area contributed by atoms with Gasteiger partial charge in [0.15, 0.2) is 0 Å². The number of aryl methyl sites for hydroxylation is 1. The minimum atomic E-state index is -0.685.